The molecule has 0 fully saturated rings. The molecule has 5 rings (SSSR count). The minimum atomic E-state index is -1.24. The largest absolute Gasteiger partial charge is 0.497 e. The van der Waals surface area contributed by atoms with Crippen molar-refractivity contribution in [1.29, 1.82) is 0 Å². The lowest BCUT2D eigenvalue weighted by Crippen LogP contribution is -2.23. The summed E-state index contributed by atoms with van der Waals surface area (Å²) in [7, 11) is 0.436. The first kappa shape index (κ1) is 56.9. The average molecular weight is 1040 g/mol. The molecule has 0 radical (unpaired) electrons. The fourth-order valence-electron chi connectivity index (χ4n) is 6.00. The number of thioether (sulfide) groups is 2. The fraction of sp³-hybridized carbons (Fsp3) is 0.357. The van der Waals surface area contributed by atoms with Crippen LogP contribution in [-0.2, 0) is 32.3 Å². The molecule has 0 amide bonds. The number of terminal acetylenes is 1. The molecule has 0 saturated heterocycles. The molecule has 0 aliphatic heterocycles. The topological polar surface area (TPSA) is 71.1 Å². The number of aryl methyl sites for hydroxylation is 2. The summed E-state index contributed by atoms with van der Waals surface area (Å²) in [5.41, 5.74) is 7.30. The van der Waals surface area contributed by atoms with E-state index in [1.54, 1.807) is 30.6 Å². The first-order valence-corrected chi connectivity index (χ1v) is 32.4. The third-order valence-corrected chi connectivity index (χ3v) is 16.1. The first-order chi connectivity index (χ1) is 32.5. The van der Waals surface area contributed by atoms with Crippen LogP contribution in [0.1, 0.15) is 76.2 Å². The standard InChI is InChI=1S/C24H30O2SSi.C20H25BrO2SSi.C11H12O2.CH4/c1-6-7-11-20-15-14-19(2)23(24(25)26-16-17-28(3,4)5)22(20)18-27-21-12-9-8-10-13-21;1-15-10-11-18(21)17(14-24-16-8-6-5-7-9-16)19(15)20(22)23-12-13-25(2,3)4;1-3-8-13-9-10-4-6-11(12-2)7-5-10;/h8-10,12-15H,6,16-18H2,1-5H3;5-11H,12-14H2,1-4H3;1,4-7H,8-9H2,2H3;1H4/i;;;1T. The van der Waals surface area contributed by atoms with E-state index in [2.05, 4.69) is 97.2 Å². The lowest BCUT2D eigenvalue weighted by molar-refractivity contribution is 0.0513. The van der Waals surface area contributed by atoms with Crippen molar-refractivity contribution in [2.75, 3.05) is 26.9 Å². The minimum absolute atomic E-state index is 0.208. The van der Waals surface area contributed by atoms with Gasteiger partial charge >= 0.3 is 11.9 Å². The number of benzene rings is 5. The van der Waals surface area contributed by atoms with Crippen molar-refractivity contribution in [2.45, 2.75) is 114 Å². The van der Waals surface area contributed by atoms with E-state index >= 15 is 0 Å². The van der Waals surface area contributed by atoms with Crippen LogP contribution in [0.2, 0.25) is 51.4 Å². The number of hydrogen-bond acceptors (Lipinski definition) is 8. The molecule has 5 aromatic rings. The molecule has 0 atom stereocenters. The predicted octanol–water partition coefficient (Wildman–Crippen LogP) is 15.6. The number of rotatable bonds is 18. The number of carbonyl (C=O) groups is 2. The summed E-state index contributed by atoms with van der Waals surface area (Å²) in [6.45, 7) is 21.6. The maximum atomic E-state index is 12.9. The molecule has 0 aliphatic carbocycles. The summed E-state index contributed by atoms with van der Waals surface area (Å²) >= 11 is 7.05. The van der Waals surface area contributed by atoms with Crippen molar-refractivity contribution in [3.8, 4) is 29.9 Å². The highest BCUT2D eigenvalue weighted by Crippen LogP contribution is 2.32. The monoisotopic (exact) mass is 1040 g/mol. The van der Waals surface area contributed by atoms with Gasteiger partial charge in [-0.2, -0.15) is 0 Å². The summed E-state index contributed by atoms with van der Waals surface area (Å²) in [5.74, 6) is 10.6. The van der Waals surface area contributed by atoms with Crippen LogP contribution in [0.5, 0.6) is 5.75 Å². The van der Waals surface area contributed by atoms with Crippen molar-refractivity contribution in [2.24, 2.45) is 0 Å². The van der Waals surface area contributed by atoms with Crippen molar-refractivity contribution >= 4 is 67.5 Å². The molecule has 5 aromatic carbocycles. The zero-order chi connectivity index (χ0) is 50.5. The van der Waals surface area contributed by atoms with Crippen LogP contribution in [0.15, 0.2) is 123 Å². The number of halogens is 1. The van der Waals surface area contributed by atoms with E-state index in [9.17, 15) is 9.59 Å². The van der Waals surface area contributed by atoms with Crippen LogP contribution in [-0.4, -0.2) is 55.0 Å². The third kappa shape index (κ3) is 22.5. The maximum absolute atomic E-state index is 12.9. The molecule has 0 N–H and O–H groups in total. The number of ether oxygens (including phenoxy) is 4. The van der Waals surface area contributed by atoms with Crippen molar-refractivity contribution in [3.63, 3.8) is 0 Å². The Morgan fingerprint density at radius 3 is 1.64 bits per heavy atom. The van der Waals surface area contributed by atoms with Gasteiger partial charge in [0.1, 0.15) is 12.4 Å². The predicted molar refractivity (Wildman–Crippen MR) is 294 cm³/mol. The highest BCUT2D eigenvalue weighted by atomic mass is 79.9. The number of esters is 2. The molecule has 0 heterocycles. The Balaban J connectivity index is 0.000000364. The molecule has 11 heteroatoms. The molecule has 0 aromatic heterocycles. The van der Waals surface area contributed by atoms with E-state index in [0.717, 1.165) is 67.9 Å². The maximum Gasteiger partial charge on any atom is 0.338 e. The van der Waals surface area contributed by atoms with E-state index in [1.165, 1.54) is 17.2 Å². The van der Waals surface area contributed by atoms with E-state index < -0.39 is 16.1 Å². The summed E-state index contributed by atoms with van der Waals surface area (Å²) in [6, 6.07) is 38.1. The number of carbonyl (C=O) groups excluding carboxylic acids is 2. The van der Waals surface area contributed by atoms with Crippen molar-refractivity contribution in [1.82, 2.24) is 0 Å². The Bertz CT molecular complexity index is 2390. The zero-order valence-corrected chi connectivity index (χ0v) is 46.7. The van der Waals surface area contributed by atoms with E-state index in [-0.39, 0.29) is 11.9 Å². The van der Waals surface area contributed by atoms with Gasteiger partial charge in [0.15, 0.2) is 0 Å². The van der Waals surface area contributed by atoms with Gasteiger partial charge in [-0.25, -0.2) is 9.59 Å². The van der Waals surface area contributed by atoms with Gasteiger partial charge < -0.3 is 18.9 Å². The zero-order valence-electron chi connectivity index (χ0n) is 42.5. The smallest absolute Gasteiger partial charge is 0.338 e. The van der Waals surface area contributed by atoms with Gasteiger partial charge in [-0.1, -0.05) is 148 Å². The second-order valence-corrected chi connectivity index (χ2v) is 32.0. The summed E-state index contributed by atoms with van der Waals surface area (Å²) in [5, 5.41) is 0. The van der Waals surface area contributed by atoms with Gasteiger partial charge in [0, 0.05) is 55.3 Å². The lowest BCUT2D eigenvalue weighted by atomic mass is 9.97. The molecule has 0 aliphatic rings. The Kier molecular flexibility index (Phi) is 26.2. The van der Waals surface area contributed by atoms with E-state index in [1.807, 2.05) is 106 Å². The van der Waals surface area contributed by atoms with Crippen LogP contribution in [0, 0.1) is 38.0 Å². The number of methoxy groups -OCH3 is 1. The minimum Gasteiger partial charge on any atom is -0.497 e. The molecule has 0 saturated carbocycles. The van der Waals surface area contributed by atoms with Gasteiger partial charge in [-0.05, 0) is 102 Å². The Labute approximate surface area is 423 Å². The van der Waals surface area contributed by atoms with Gasteiger partial charge in [0.2, 0.25) is 0 Å². The van der Waals surface area contributed by atoms with Gasteiger partial charge in [-0.15, -0.1) is 29.9 Å². The Hall–Kier alpha value is -4.47. The van der Waals surface area contributed by atoms with Gasteiger partial charge in [-0.3, -0.25) is 0 Å². The molecular weight excluding hydrogens is 969 g/mol. The fourth-order valence-corrected chi connectivity index (χ4v) is 10.0. The normalized spacial score (nSPS) is 10.7. The highest BCUT2D eigenvalue weighted by Gasteiger charge is 2.22. The number of hydrogen-bond donors (Lipinski definition) is 0. The first-order valence-electron chi connectivity index (χ1n) is 23.2. The van der Waals surface area contributed by atoms with Crippen molar-refractivity contribution in [3.05, 3.63) is 158 Å². The lowest BCUT2D eigenvalue weighted by Gasteiger charge is -2.17. The van der Waals surface area contributed by atoms with Crippen LogP contribution in [0.4, 0.5) is 0 Å². The quantitative estimate of drug-likeness (QED) is 0.0283. The molecule has 358 valence electrons. The van der Waals surface area contributed by atoms with Crippen LogP contribution >= 0.6 is 39.5 Å². The van der Waals surface area contributed by atoms with Gasteiger partial charge in [0.25, 0.3) is 0 Å². The molecule has 0 spiro atoms. The average Bonchev–Trinajstić information content (AvgIpc) is 3.31. The molecular formula is C56H71BrO6S2Si2. The van der Waals surface area contributed by atoms with E-state index in [4.69, 9.17) is 26.7 Å². The summed E-state index contributed by atoms with van der Waals surface area (Å²) in [4.78, 5) is 28.0. The molecule has 67 heavy (non-hydrogen) atoms. The molecule has 0 bridgehead atoms. The van der Waals surface area contributed by atoms with Crippen molar-refractivity contribution < 1.29 is 29.9 Å². The summed E-state index contributed by atoms with van der Waals surface area (Å²) in [6.07, 6.45) is 5.83. The highest BCUT2D eigenvalue weighted by molar-refractivity contribution is 9.10. The van der Waals surface area contributed by atoms with E-state index in [0.29, 0.717) is 43.3 Å². The summed E-state index contributed by atoms with van der Waals surface area (Å²) < 4.78 is 28.2. The van der Waals surface area contributed by atoms with Gasteiger partial charge in [0.05, 0.1) is 38.1 Å². The SMILES string of the molecule is C#CCOCc1ccc(OC)cc1.CCC#Cc1ccc(C)c(C(=O)OCC[Si](C)(C)C)c1CSc1ccccc1.Cc1ccc(Br)c(CSc2ccccc2)c1C(=O)OCC[Si](C)(C)C.[3H]C. The molecule has 0 unspecified atom stereocenters. The second kappa shape index (κ2) is 30.8. The van der Waals surface area contributed by atoms with Crippen LogP contribution in [0.25, 0.3) is 0 Å². The second-order valence-electron chi connectivity index (χ2n) is 17.8. The Morgan fingerprint density at radius 2 is 1.18 bits per heavy atom. The molecule has 6 nitrogen and oxygen atoms in total. The van der Waals surface area contributed by atoms with Crippen LogP contribution in [0.3, 0.4) is 0 Å². The van der Waals surface area contributed by atoms with Crippen LogP contribution < -0.4 is 4.74 Å². The third-order valence-electron chi connectivity index (χ3n) is 9.83. The Morgan fingerprint density at radius 1 is 0.701 bits per heavy atom.